The highest BCUT2D eigenvalue weighted by atomic mass is 79.9. The summed E-state index contributed by atoms with van der Waals surface area (Å²) in [5, 5.41) is 2.67. The molecule has 2 rings (SSSR count). The van der Waals surface area contributed by atoms with Crippen LogP contribution in [0.5, 0.6) is 0 Å². The van der Waals surface area contributed by atoms with Crippen LogP contribution in [0.1, 0.15) is 49.6 Å². The molecular weight excluding hydrogens is 406 g/mol. The van der Waals surface area contributed by atoms with Crippen LogP contribution in [-0.4, -0.2) is 20.1 Å². The first-order valence-corrected chi connectivity index (χ1v) is 10.8. The summed E-state index contributed by atoms with van der Waals surface area (Å²) in [6, 6.07) is 9.39. The fourth-order valence-corrected chi connectivity index (χ4v) is 4.07. The Morgan fingerprint density at radius 2 is 1.72 bits per heavy atom. The Bertz CT molecular complexity index is 797. The van der Waals surface area contributed by atoms with Gasteiger partial charge in [-0.25, -0.2) is 8.42 Å². The number of furan rings is 1. The van der Waals surface area contributed by atoms with Crippen LogP contribution in [0.3, 0.4) is 0 Å². The molecule has 136 valence electrons. The van der Waals surface area contributed by atoms with Crippen LogP contribution in [0, 0.1) is 0 Å². The molecule has 0 saturated heterocycles. The number of sulfone groups is 1. The van der Waals surface area contributed by atoms with Gasteiger partial charge in [-0.15, -0.1) is 0 Å². The minimum absolute atomic E-state index is 0.156. The molecule has 0 bridgehead atoms. The van der Waals surface area contributed by atoms with Gasteiger partial charge >= 0.3 is 0 Å². The molecule has 0 saturated carbocycles. The Kier molecular flexibility index (Phi) is 7.25. The molecule has 2 aromatic rings. The van der Waals surface area contributed by atoms with Crippen molar-refractivity contribution in [3.8, 4) is 0 Å². The lowest BCUT2D eigenvalue weighted by molar-refractivity contribution is 0.0995. The summed E-state index contributed by atoms with van der Waals surface area (Å²) in [4.78, 5) is 12.3. The average molecular weight is 428 g/mol. The highest BCUT2D eigenvalue weighted by molar-refractivity contribution is 9.10. The number of halogens is 1. The molecule has 7 heteroatoms. The summed E-state index contributed by atoms with van der Waals surface area (Å²) < 4.78 is 30.3. The van der Waals surface area contributed by atoms with Crippen molar-refractivity contribution in [2.45, 2.75) is 43.9 Å². The van der Waals surface area contributed by atoms with E-state index in [-0.39, 0.29) is 16.4 Å². The van der Waals surface area contributed by atoms with Gasteiger partial charge in [0.1, 0.15) is 0 Å². The van der Waals surface area contributed by atoms with E-state index in [2.05, 4.69) is 28.2 Å². The van der Waals surface area contributed by atoms with Crippen LogP contribution in [-0.2, 0) is 9.84 Å². The second-order valence-electron chi connectivity index (χ2n) is 5.82. The Labute approximate surface area is 156 Å². The van der Waals surface area contributed by atoms with Gasteiger partial charge in [-0.05, 0) is 58.7 Å². The molecule has 0 radical (unpaired) electrons. The highest BCUT2D eigenvalue weighted by Gasteiger charge is 2.15. The lowest BCUT2D eigenvalue weighted by Gasteiger charge is -2.07. The molecule has 0 fully saturated rings. The van der Waals surface area contributed by atoms with Crippen molar-refractivity contribution < 1.29 is 17.6 Å². The van der Waals surface area contributed by atoms with Crippen molar-refractivity contribution in [3.05, 3.63) is 46.8 Å². The van der Waals surface area contributed by atoms with Gasteiger partial charge in [0.25, 0.3) is 5.91 Å². The summed E-state index contributed by atoms with van der Waals surface area (Å²) >= 11 is 3.14. The summed E-state index contributed by atoms with van der Waals surface area (Å²) in [5.41, 5.74) is 0.513. The third kappa shape index (κ3) is 6.01. The number of amides is 1. The first-order valence-electron chi connectivity index (χ1n) is 8.32. The fraction of sp³-hybridized carbons (Fsp3) is 0.389. The third-order valence-electron chi connectivity index (χ3n) is 3.78. The summed E-state index contributed by atoms with van der Waals surface area (Å²) in [6.07, 6.45) is 4.95. The summed E-state index contributed by atoms with van der Waals surface area (Å²) in [6.45, 7) is 2.13. The summed E-state index contributed by atoms with van der Waals surface area (Å²) in [5.74, 6) is -0.0593. The monoisotopic (exact) mass is 427 g/mol. The molecule has 0 unspecified atom stereocenters. The van der Waals surface area contributed by atoms with Gasteiger partial charge in [0.15, 0.2) is 20.3 Å². The minimum atomic E-state index is -3.28. The number of unbranched alkanes of at least 4 members (excludes halogenated alkanes) is 4. The van der Waals surface area contributed by atoms with E-state index < -0.39 is 15.7 Å². The Morgan fingerprint density at radius 1 is 1.04 bits per heavy atom. The number of benzene rings is 1. The van der Waals surface area contributed by atoms with Gasteiger partial charge in [-0.2, -0.15) is 0 Å². The van der Waals surface area contributed by atoms with Crippen LogP contribution in [0.2, 0.25) is 0 Å². The van der Waals surface area contributed by atoms with Crippen LogP contribution in [0.15, 0.2) is 50.4 Å². The van der Waals surface area contributed by atoms with Crippen molar-refractivity contribution in [1.29, 1.82) is 0 Å². The maximum absolute atomic E-state index is 12.3. The minimum Gasteiger partial charge on any atom is -0.444 e. The van der Waals surface area contributed by atoms with Crippen LogP contribution in [0.4, 0.5) is 5.69 Å². The predicted octanol–water partition coefficient (Wildman–Crippen LogP) is 5.04. The summed E-state index contributed by atoms with van der Waals surface area (Å²) in [7, 11) is -3.28. The molecular formula is C18H22BrNO4S. The smallest absolute Gasteiger partial charge is 0.291 e. The van der Waals surface area contributed by atoms with Crippen molar-refractivity contribution in [2.75, 3.05) is 11.1 Å². The van der Waals surface area contributed by atoms with Crippen LogP contribution in [0.25, 0.3) is 0 Å². The van der Waals surface area contributed by atoms with Gasteiger partial charge in [-0.1, -0.05) is 32.6 Å². The largest absolute Gasteiger partial charge is 0.444 e. The lowest BCUT2D eigenvalue weighted by Crippen LogP contribution is -2.11. The quantitative estimate of drug-likeness (QED) is 0.568. The average Bonchev–Trinajstić information content (AvgIpc) is 3.02. The van der Waals surface area contributed by atoms with Crippen molar-refractivity contribution in [1.82, 2.24) is 0 Å². The Hall–Kier alpha value is -1.60. The topological polar surface area (TPSA) is 76.4 Å². The zero-order chi connectivity index (χ0) is 18.3. The SMILES string of the molecule is CCCCCCCS(=O)(=O)c1ccc(NC(=O)c2ccc(Br)o2)cc1. The fourth-order valence-electron chi connectivity index (χ4n) is 2.39. The van der Waals surface area contributed by atoms with Gasteiger partial charge in [-0.3, -0.25) is 4.79 Å². The van der Waals surface area contributed by atoms with Crippen LogP contribution < -0.4 is 5.32 Å². The van der Waals surface area contributed by atoms with E-state index in [9.17, 15) is 13.2 Å². The molecule has 25 heavy (non-hydrogen) atoms. The van der Waals surface area contributed by atoms with E-state index in [0.717, 1.165) is 25.7 Å². The van der Waals surface area contributed by atoms with E-state index >= 15 is 0 Å². The van der Waals surface area contributed by atoms with Gasteiger partial charge in [0, 0.05) is 5.69 Å². The molecule has 5 nitrogen and oxygen atoms in total. The molecule has 0 aliphatic rings. The number of hydrogen-bond acceptors (Lipinski definition) is 4. The number of carbonyl (C=O) groups excluding carboxylic acids is 1. The molecule has 0 atom stereocenters. The second-order valence-corrected chi connectivity index (χ2v) is 8.71. The van der Waals surface area contributed by atoms with Crippen molar-refractivity contribution >= 4 is 37.4 Å². The van der Waals surface area contributed by atoms with E-state index in [0.29, 0.717) is 16.8 Å². The first kappa shape index (κ1) is 19.7. The predicted molar refractivity (Wildman–Crippen MR) is 102 cm³/mol. The zero-order valence-corrected chi connectivity index (χ0v) is 16.5. The Balaban J connectivity index is 1.93. The number of anilines is 1. The zero-order valence-electron chi connectivity index (χ0n) is 14.1. The molecule has 1 amide bonds. The van der Waals surface area contributed by atoms with E-state index in [1.807, 2.05) is 0 Å². The number of carbonyl (C=O) groups is 1. The van der Waals surface area contributed by atoms with Crippen molar-refractivity contribution in [2.24, 2.45) is 0 Å². The first-order chi connectivity index (χ1) is 11.9. The molecule has 0 aliphatic carbocycles. The molecule has 1 aromatic heterocycles. The number of rotatable bonds is 9. The van der Waals surface area contributed by atoms with E-state index in [1.165, 1.54) is 12.1 Å². The molecule has 1 aromatic carbocycles. The molecule has 0 aliphatic heterocycles. The molecule has 1 N–H and O–H groups in total. The second kappa shape index (κ2) is 9.20. The maximum atomic E-state index is 12.3. The Morgan fingerprint density at radius 3 is 2.32 bits per heavy atom. The standard InChI is InChI=1S/C18H22BrNO4S/c1-2-3-4-5-6-13-25(22,23)15-9-7-14(8-10-15)20-18(21)16-11-12-17(19)24-16/h7-12H,2-6,13H2,1H3,(H,20,21). The molecule has 0 spiro atoms. The molecule has 1 heterocycles. The van der Waals surface area contributed by atoms with Gasteiger partial charge in [0.2, 0.25) is 0 Å². The van der Waals surface area contributed by atoms with Crippen LogP contribution >= 0.6 is 15.9 Å². The van der Waals surface area contributed by atoms with Gasteiger partial charge in [0.05, 0.1) is 10.6 Å². The number of hydrogen-bond donors (Lipinski definition) is 1. The maximum Gasteiger partial charge on any atom is 0.291 e. The highest BCUT2D eigenvalue weighted by Crippen LogP contribution is 2.19. The van der Waals surface area contributed by atoms with E-state index in [1.54, 1.807) is 24.3 Å². The van der Waals surface area contributed by atoms with Gasteiger partial charge < -0.3 is 9.73 Å². The number of nitrogens with one attached hydrogen (secondary N) is 1. The van der Waals surface area contributed by atoms with E-state index in [4.69, 9.17) is 4.42 Å². The normalized spacial score (nSPS) is 11.4. The third-order valence-corrected chi connectivity index (χ3v) is 6.03. The lowest BCUT2D eigenvalue weighted by atomic mass is 10.2. The van der Waals surface area contributed by atoms with Crippen molar-refractivity contribution in [3.63, 3.8) is 0 Å².